The molecule has 0 saturated carbocycles. The van der Waals surface area contributed by atoms with Gasteiger partial charge in [-0.05, 0) is 49.2 Å². The van der Waals surface area contributed by atoms with E-state index in [-0.39, 0.29) is 68.4 Å². The molecule has 0 aliphatic heterocycles. The summed E-state index contributed by atoms with van der Waals surface area (Å²) in [6, 6.07) is 0.970. The summed E-state index contributed by atoms with van der Waals surface area (Å²) in [4.78, 5) is 30.7. The topological polar surface area (TPSA) is 93.8 Å². The summed E-state index contributed by atoms with van der Waals surface area (Å²) in [6.45, 7) is 2.85. The number of anilines is 4. The maximum Gasteiger partial charge on any atom is 0.435 e. The zero-order chi connectivity index (χ0) is 46.7. The monoisotopic (exact) mass is 928 g/mol. The molecule has 4 aromatic rings. The summed E-state index contributed by atoms with van der Waals surface area (Å²) in [5.74, 6) is -1.98. The Hall–Kier alpha value is -5.17. The van der Waals surface area contributed by atoms with Gasteiger partial charge in [0.05, 0.1) is 33.6 Å². The molecule has 0 aliphatic rings. The van der Waals surface area contributed by atoms with E-state index in [2.05, 4.69) is 9.97 Å². The molecule has 0 unspecified atom stereocenters. The first kappa shape index (κ1) is 50.2. The van der Waals surface area contributed by atoms with Crippen LogP contribution >= 0.6 is 11.6 Å². The minimum absolute atomic E-state index is 0.0704. The van der Waals surface area contributed by atoms with Crippen molar-refractivity contribution in [3.63, 3.8) is 0 Å². The molecule has 61 heavy (non-hydrogen) atoms. The summed E-state index contributed by atoms with van der Waals surface area (Å²) in [6.07, 6.45) is -29.3. The molecule has 0 spiro atoms. The standard InChI is InChI=1S/C17H13ClF9N3O.C17H14F9N3O/c1-2-3-6-30-13(31)11(18)12(17(25,26)27)29-14(30)28-10-7-8(15(19,20)21)4-5-9(10)16(22,23)24;1-2-3-6-29-13(30)8-12(17(24,25)26)28-14(29)27-11-7-9(15(18,19)20)4-5-10(11)16(21,22)23/h4-5,7H,2-3,6H2,1H3,(H,28,29);4-5,7-8H,2-3,6H2,1H3,(H,27,28). The first-order valence-electron chi connectivity index (χ1n) is 16.9. The lowest BCUT2D eigenvalue weighted by Crippen LogP contribution is -2.29. The van der Waals surface area contributed by atoms with Gasteiger partial charge in [0.2, 0.25) is 11.9 Å². The average molecular weight is 929 g/mol. The summed E-state index contributed by atoms with van der Waals surface area (Å²) in [5, 5.41) is 2.37. The highest BCUT2D eigenvalue weighted by Gasteiger charge is 2.41. The highest BCUT2D eigenvalue weighted by atomic mass is 35.5. The smallest absolute Gasteiger partial charge is 0.325 e. The fourth-order valence-electron chi connectivity index (χ4n) is 5.00. The second kappa shape index (κ2) is 18.4. The van der Waals surface area contributed by atoms with Gasteiger partial charge in [-0.15, -0.1) is 0 Å². The Kier molecular flexibility index (Phi) is 15.2. The van der Waals surface area contributed by atoms with Crippen molar-refractivity contribution in [3.05, 3.63) is 102 Å². The molecule has 338 valence electrons. The van der Waals surface area contributed by atoms with Gasteiger partial charge in [-0.2, -0.15) is 79.0 Å². The van der Waals surface area contributed by atoms with Gasteiger partial charge in [-0.25, -0.2) is 9.97 Å². The van der Waals surface area contributed by atoms with Gasteiger partial charge in [-0.1, -0.05) is 38.3 Å². The van der Waals surface area contributed by atoms with Crippen LogP contribution in [-0.4, -0.2) is 19.1 Å². The molecule has 2 heterocycles. The summed E-state index contributed by atoms with van der Waals surface area (Å²) >= 11 is 5.45. The van der Waals surface area contributed by atoms with E-state index < -0.39 is 110 Å². The van der Waals surface area contributed by atoms with Gasteiger partial charge >= 0.3 is 37.1 Å². The molecule has 0 bridgehead atoms. The molecule has 8 nitrogen and oxygen atoms in total. The fourth-order valence-corrected chi connectivity index (χ4v) is 5.25. The number of rotatable bonds is 10. The molecule has 0 saturated heterocycles. The second-order valence-corrected chi connectivity index (χ2v) is 12.9. The lowest BCUT2D eigenvalue weighted by Gasteiger charge is -2.20. The number of halogens is 19. The fraction of sp³-hybridized carbons (Fsp3) is 0.412. The Morgan fingerprint density at radius 2 is 0.951 bits per heavy atom. The van der Waals surface area contributed by atoms with Crippen molar-refractivity contribution < 1.29 is 79.0 Å². The maximum atomic E-state index is 13.3. The number of nitrogens with one attached hydrogen (secondary N) is 2. The highest BCUT2D eigenvalue weighted by Crippen LogP contribution is 2.42. The molecule has 4 rings (SSSR count). The van der Waals surface area contributed by atoms with Crippen LogP contribution in [0, 0.1) is 0 Å². The van der Waals surface area contributed by atoms with Crippen LogP contribution in [0.1, 0.15) is 73.2 Å². The van der Waals surface area contributed by atoms with Crippen molar-refractivity contribution in [2.75, 3.05) is 10.6 Å². The first-order chi connectivity index (χ1) is 27.7. The largest absolute Gasteiger partial charge is 0.435 e. The minimum atomic E-state index is -5.24. The Balaban J connectivity index is 0.000000325. The predicted octanol–water partition coefficient (Wildman–Crippen LogP) is 12.3. The molecule has 0 aliphatic carbocycles. The number of hydrogen-bond donors (Lipinski definition) is 2. The summed E-state index contributed by atoms with van der Waals surface area (Å²) < 4.78 is 237. The lowest BCUT2D eigenvalue weighted by molar-refractivity contribution is -0.142. The van der Waals surface area contributed by atoms with Gasteiger partial charge in [0.1, 0.15) is 5.02 Å². The third kappa shape index (κ3) is 12.9. The van der Waals surface area contributed by atoms with Crippen molar-refractivity contribution in [1.29, 1.82) is 0 Å². The Morgan fingerprint density at radius 1 is 0.541 bits per heavy atom. The van der Waals surface area contributed by atoms with Crippen LogP contribution < -0.4 is 21.8 Å². The molecule has 0 atom stereocenters. The van der Waals surface area contributed by atoms with E-state index in [1.165, 1.54) is 0 Å². The number of alkyl halides is 18. The van der Waals surface area contributed by atoms with E-state index in [0.29, 0.717) is 22.0 Å². The van der Waals surface area contributed by atoms with Crippen LogP contribution in [0.25, 0.3) is 0 Å². The maximum absolute atomic E-state index is 13.3. The van der Waals surface area contributed by atoms with Gasteiger partial charge < -0.3 is 10.6 Å². The van der Waals surface area contributed by atoms with Crippen LogP contribution in [0.2, 0.25) is 5.02 Å². The third-order valence-electron chi connectivity index (χ3n) is 7.95. The molecular weight excluding hydrogens is 902 g/mol. The molecule has 2 aromatic heterocycles. The van der Waals surface area contributed by atoms with E-state index in [9.17, 15) is 88.6 Å². The van der Waals surface area contributed by atoms with E-state index in [0.717, 1.165) is 0 Å². The summed E-state index contributed by atoms with van der Waals surface area (Å²) in [7, 11) is 0. The highest BCUT2D eigenvalue weighted by molar-refractivity contribution is 6.31. The zero-order valence-corrected chi connectivity index (χ0v) is 31.3. The Bertz CT molecular complexity index is 2290. The number of hydrogen-bond acceptors (Lipinski definition) is 6. The Morgan fingerprint density at radius 3 is 1.31 bits per heavy atom. The van der Waals surface area contributed by atoms with E-state index in [1.807, 2.05) is 10.6 Å². The molecule has 0 radical (unpaired) electrons. The van der Waals surface area contributed by atoms with Gasteiger partial charge in [-0.3, -0.25) is 18.7 Å². The van der Waals surface area contributed by atoms with E-state index >= 15 is 0 Å². The second-order valence-electron chi connectivity index (χ2n) is 12.5. The molecule has 2 aromatic carbocycles. The van der Waals surface area contributed by atoms with Crippen molar-refractivity contribution in [3.8, 4) is 0 Å². The van der Waals surface area contributed by atoms with Crippen LogP contribution in [0.3, 0.4) is 0 Å². The van der Waals surface area contributed by atoms with Crippen molar-refractivity contribution in [2.45, 2.75) is 89.7 Å². The zero-order valence-electron chi connectivity index (χ0n) is 30.6. The average Bonchev–Trinajstić information content (AvgIpc) is 3.10. The van der Waals surface area contributed by atoms with Crippen LogP contribution in [-0.2, 0) is 50.1 Å². The molecule has 0 amide bonds. The SMILES string of the molecule is CCCCn1c(Nc2cc(C(F)(F)F)ccc2C(F)(F)F)nc(C(F)(F)F)c(Cl)c1=O.CCCCn1c(Nc2cc(C(F)(F)F)ccc2C(F)(F)F)nc(C(F)(F)F)cc1=O. The van der Waals surface area contributed by atoms with Gasteiger partial charge in [0.25, 0.3) is 11.1 Å². The van der Waals surface area contributed by atoms with Crippen LogP contribution in [0.5, 0.6) is 0 Å². The molecule has 27 heteroatoms. The first-order valence-corrected chi connectivity index (χ1v) is 17.3. The van der Waals surface area contributed by atoms with Gasteiger partial charge in [0.15, 0.2) is 11.4 Å². The minimum Gasteiger partial charge on any atom is -0.325 e. The number of benzene rings is 2. The lowest BCUT2D eigenvalue weighted by atomic mass is 10.1. The quantitative estimate of drug-likeness (QED) is 0.154. The summed E-state index contributed by atoms with van der Waals surface area (Å²) in [5.41, 5.74) is -14.7. The van der Waals surface area contributed by atoms with E-state index in [1.54, 1.807) is 13.8 Å². The normalized spacial score (nSPS) is 12.9. The van der Waals surface area contributed by atoms with Crippen molar-refractivity contribution >= 4 is 34.9 Å². The van der Waals surface area contributed by atoms with Gasteiger partial charge in [0, 0.05) is 19.2 Å². The number of nitrogens with zero attached hydrogens (tertiary/aromatic N) is 4. The predicted molar refractivity (Wildman–Crippen MR) is 181 cm³/mol. The van der Waals surface area contributed by atoms with Crippen molar-refractivity contribution in [1.82, 2.24) is 19.1 Å². The number of aromatic nitrogens is 4. The molecular formula is C34H27ClF18N6O2. The van der Waals surface area contributed by atoms with Crippen LogP contribution in [0.4, 0.5) is 102 Å². The molecule has 2 N–H and O–H groups in total. The van der Waals surface area contributed by atoms with Crippen LogP contribution in [0.15, 0.2) is 52.1 Å². The molecule has 0 fully saturated rings. The third-order valence-corrected chi connectivity index (χ3v) is 8.29. The van der Waals surface area contributed by atoms with E-state index in [4.69, 9.17) is 11.6 Å². The number of unbranched alkanes of at least 4 members (excludes halogenated alkanes) is 2. The van der Waals surface area contributed by atoms with Crippen molar-refractivity contribution in [2.24, 2.45) is 0 Å². The Labute approximate surface area is 335 Å².